The summed E-state index contributed by atoms with van der Waals surface area (Å²) >= 11 is 0. The summed E-state index contributed by atoms with van der Waals surface area (Å²) in [6, 6.07) is 6.53. The molecule has 1 fully saturated rings. The maximum atomic E-state index is 13.0. The second kappa shape index (κ2) is 8.22. The number of carbonyl (C=O) groups excluding carboxylic acids is 1. The number of carbonyl (C=O) groups is 1. The normalized spacial score (nSPS) is 17.1. The number of alkyl halides is 3. The van der Waals surface area contributed by atoms with Gasteiger partial charge < -0.3 is 19.4 Å². The second-order valence-electron chi connectivity index (χ2n) is 6.62. The molecule has 1 aromatic heterocycles. The molecule has 0 radical (unpaired) electrons. The zero-order valence-corrected chi connectivity index (χ0v) is 15.3. The van der Waals surface area contributed by atoms with Crippen molar-refractivity contribution in [1.82, 2.24) is 9.88 Å². The molecule has 1 N–H and O–H groups in total. The molecular weight excluding hydrogens is 377 g/mol. The first-order valence-electron chi connectivity index (χ1n) is 9.04. The van der Waals surface area contributed by atoms with Crippen molar-refractivity contribution in [3.63, 3.8) is 0 Å². The molecule has 2 heterocycles. The molecular formula is C19H21F3N2O4. The molecule has 9 heteroatoms. The molecule has 0 saturated carbocycles. The maximum absolute atomic E-state index is 13.0. The molecule has 0 bridgehead atoms. The fraction of sp³-hybridized carbons (Fsp3) is 0.474. The van der Waals surface area contributed by atoms with Gasteiger partial charge in [0.2, 0.25) is 0 Å². The molecule has 1 atom stereocenters. The molecule has 1 aliphatic rings. The van der Waals surface area contributed by atoms with Crippen LogP contribution in [-0.4, -0.2) is 47.8 Å². The summed E-state index contributed by atoms with van der Waals surface area (Å²) in [7, 11) is 0. The first-order valence-corrected chi connectivity index (χ1v) is 9.04. The topological polar surface area (TPSA) is 71.6 Å². The minimum Gasteiger partial charge on any atom is -0.494 e. The highest BCUT2D eigenvalue weighted by molar-refractivity contribution is 5.83. The molecule has 6 nitrogen and oxygen atoms in total. The number of pyridine rings is 1. The highest BCUT2D eigenvalue weighted by atomic mass is 19.4. The minimum atomic E-state index is -5.02. The Balaban J connectivity index is 1.91. The van der Waals surface area contributed by atoms with E-state index in [4.69, 9.17) is 9.47 Å². The highest BCUT2D eigenvalue weighted by Crippen LogP contribution is 2.24. The largest absolute Gasteiger partial charge is 0.494 e. The van der Waals surface area contributed by atoms with Gasteiger partial charge in [-0.2, -0.15) is 13.2 Å². The number of hydrogen-bond acceptors (Lipinski definition) is 4. The number of nitrogens with zero attached hydrogens (tertiary/aromatic N) is 1. The molecule has 28 heavy (non-hydrogen) atoms. The molecule has 152 valence electrons. The number of aromatic nitrogens is 1. The van der Waals surface area contributed by atoms with Crippen LogP contribution < -0.4 is 10.3 Å². The monoisotopic (exact) mass is 398 g/mol. The van der Waals surface area contributed by atoms with Crippen molar-refractivity contribution in [3.05, 3.63) is 40.2 Å². The SMILES string of the molecule is CCOc1ccc2[nH]c(=O)c(CN(C[C@@H]3CCCO3)C(=O)C(F)(F)F)cc2c1. The Morgan fingerprint density at radius 1 is 1.36 bits per heavy atom. The maximum Gasteiger partial charge on any atom is 0.471 e. The first kappa shape index (κ1) is 20.2. The van der Waals surface area contributed by atoms with Gasteiger partial charge in [-0.3, -0.25) is 9.59 Å². The van der Waals surface area contributed by atoms with Crippen LogP contribution >= 0.6 is 0 Å². The fourth-order valence-corrected chi connectivity index (χ4v) is 3.24. The lowest BCUT2D eigenvalue weighted by atomic mass is 10.1. The third-order valence-electron chi connectivity index (χ3n) is 4.54. The van der Waals surface area contributed by atoms with Gasteiger partial charge in [-0.1, -0.05) is 0 Å². The third kappa shape index (κ3) is 4.64. The van der Waals surface area contributed by atoms with Gasteiger partial charge in [0.25, 0.3) is 5.56 Å². The third-order valence-corrected chi connectivity index (χ3v) is 4.54. The summed E-state index contributed by atoms with van der Waals surface area (Å²) in [6.07, 6.45) is -4.18. The molecule has 2 aromatic rings. The molecule has 3 rings (SSSR count). The molecule has 0 spiro atoms. The predicted molar refractivity (Wildman–Crippen MR) is 96.2 cm³/mol. The average molecular weight is 398 g/mol. The van der Waals surface area contributed by atoms with E-state index in [-0.39, 0.29) is 12.1 Å². The summed E-state index contributed by atoms with van der Waals surface area (Å²) in [5.74, 6) is -1.40. The molecule has 1 aliphatic heterocycles. The van der Waals surface area contributed by atoms with E-state index in [1.165, 1.54) is 6.07 Å². The van der Waals surface area contributed by atoms with Crippen LogP contribution in [0.5, 0.6) is 5.75 Å². The standard InChI is InChI=1S/C19H21F3N2O4/c1-2-27-14-5-6-16-12(9-14)8-13(17(25)23-16)10-24(18(26)19(20,21)22)11-15-4-3-7-28-15/h5-6,8-9,15H,2-4,7,10-11H2,1H3,(H,23,25)/t15-/m0/s1. The van der Waals surface area contributed by atoms with Gasteiger partial charge in [0, 0.05) is 29.6 Å². The van der Waals surface area contributed by atoms with E-state index in [1.54, 1.807) is 18.2 Å². The van der Waals surface area contributed by atoms with Crippen molar-refractivity contribution < 1.29 is 27.4 Å². The van der Waals surface area contributed by atoms with Crippen LogP contribution in [0.3, 0.4) is 0 Å². The van der Waals surface area contributed by atoms with Crippen molar-refractivity contribution in [2.45, 2.75) is 38.6 Å². The lowest BCUT2D eigenvalue weighted by molar-refractivity contribution is -0.187. The summed E-state index contributed by atoms with van der Waals surface area (Å²) in [5.41, 5.74) is 0.0609. The summed E-state index contributed by atoms with van der Waals surface area (Å²) in [4.78, 5) is 27.5. The van der Waals surface area contributed by atoms with Crippen molar-refractivity contribution in [2.24, 2.45) is 0 Å². The minimum absolute atomic E-state index is 0.0664. The van der Waals surface area contributed by atoms with Gasteiger partial charge in [-0.15, -0.1) is 0 Å². The van der Waals surface area contributed by atoms with Gasteiger partial charge in [-0.25, -0.2) is 0 Å². The number of halogens is 3. The van der Waals surface area contributed by atoms with Crippen LogP contribution in [-0.2, 0) is 16.1 Å². The van der Waals surface area contributed by atoms with E-state index < -0.39 is 30.3 Å². The van der Waals surface area contributed by atoms with Gasteiger partial charge in [0.1, 0.15) is 5.75 Å². The number of hydrogen-bond donors (Lipinski definition) is 1. The number of amides is 1. The van der Waals surface area contributed by atoms with Crippen LogP contribution in [0, 0.1) is 0 Å². The Kier molecular flexibility index (Phi) is 5.93. The van der Waals surface area contributed by atoms with Crippen molar-refractivity contribution in [1.29, 1.82) is 0 Å². The van der Waals surface area contributed by atoms with Crippen LogP contribution in [0.2, 0.25) is 0 Å². The number of ether oxygens (including phenoxy) is 2. The van der Waals surface area contributed by atoms with Gasteiger partial charge in [0.15, 0.2) is 0 Å². The van der Waals surface area contributed by atoms with Crippen LogP contribution in [0.15, 0.2) is 29.1 Å². The number of nitrogens with one attached hydrogen (secondary N) is 1. The average Bonchev–Trinajstić information content (AvgIpc) is 3.14. The molecule has 0 aliphatic carbocycles. The second-order valence-corrected chi connectivity index (χ2v) is 6.62. The lowest BCUT2D eigenvalue weighted by Gasteiger charge is -2.26. The number of benzene rings is 1. The van der Waals surface area contributed by atoms with Gasteiger partial charge >= 0.3 is 12.1 Å². The highest BCUT2D eigenvalue weighted by Gasteiger charge is 2.43. The Morgan fingerprint density at radius 2 is 2.14 bits per heavy atom. The van der Waals surface area contributed by atoms with Crippen molar-refractivity contribution in [3.8, 4) is 5.75 Å². The van der Waals surface area contributed by atoms with Crippen LogP contribution in [0.1, 0.15) is 25.3 Å². The van der Waals surface area contributed by atoms with E-state index in [9.17, 15) is 22.8 Å². The Hall–Kier alpha value is -2.55. The Labute approximate surface area is 159 Å². The number of rotatable bonds is 6. The van der Waals surface area contributed by atoms with E-state index in [2.05, 4.69) is 4.98 Å². The Bertz CT molecular complexity index is 904. The first-order chi connectivity index (χ1) is 13.3. The number of aromatic amines is 1. The van der Waals surface area contributed by atoms with Crippen molar-refractivity contribution in [2.75, 3.05) is 19.8 Å². The zero-order chi connectivity index (χ0) is 20.3. The molecule has 1 amide bonds. The predicted octanol–water partition coefficient (Wildman–Crippen LogP) is 3.00. The quantitative estimate of drug-likeness (QED) is 0.812. The van der Waals surface area contributed by atoms with Crippen LogP contribution in [0.25, 0.3) is 10.9 Å². The smallest absolute Gasteiger partial charge is 0.471 e. The Morgan fingerprint density at radius 3 is 2.79 bits per heavy atom. The van der Waals surface area contributed by atoms with E-state index in [0.717, 1.165) is 6.42 Å². The molecule has 1 aromatic carbocycles. The van der Waals surface area contributed by atoms with Gasteiger partial charge in [0.05, 0.1) is 19.3 Å². The fourth-order valence-electron chi connectivity index (χ4n) is 3.24. The van der Waals surface area contributed by atoms with Crippen LogP contribution in [0.4, 0.5) is 13.2 Å². The summed E-state index contributed by atoms with van der Waals surface area (Å²) in [6.45, 7) is 2.07. The zero-order valence-electron chi connectivity index (χ0n) is 15.3. The summed E-state index contributed by atoms with van der Waals surface area (Å²) in [5, 5.41) is 0.608. The molecule has 0 unspecified atom stereocenters. The lowest BCUT2D eigenvalue weighted by Crippen LogP contribution is -2.45. The summed E-state index contributed by atoms with van der Waals surface area (Å²) < 4.78 is 49.9. The van der Waals surface area contributed by atoms with Crippen molar-refractivity contribution >= 4 is 16.8 Å². The van der Waals surface area contributed by atoms with Gasteiger partial charge in [-0.05, 0) is 44.0 Å². The van der Waals surface area contributed by atoms with E-state index in [0.29, 0.717) is 41.2 Å². The number of H-pyrrole nitrogens is 1. The molecule has 1 saturated heterocycles. The van der Waals surface area contributed by atoms with E-state index in [1.807, 2.05) is 6.92 Å². The number of fused-ring (bicyclic) bond motifs is 1. The van der Waals surface area contributed by atoms with E-state index >= 15 is 0 Å².